The molecule has 40 heavy (non-hydrogen) atoms. The topological polar surface area (TPSA) is 46.9 Å². The highest BCUT2D eigenvalue weighted by molar-refractivity contribution is 5.46. The average Bonchev–Trinajstić information content (AvgIpc) is 2.97. The maximum Gasteiger partial charge on any atom is 0.115 e. The van der Waals surface area contributed by atoms with Gasteiger partial charge in [0.05, 0.1) is 0 Å². The van der Waals surface area contributed by atoms with Crippen molar-refractivity contribution in [2.45, 2.75) is 100.0 Å². The number of phenolic OH excluding ortho intramolecular Hbond substituents is 2. The lowest BCUT2D eigenvalue weighted by molar-refractivity contribution is -0.00517. The molecule has 4 nitrogen and oxygen atoms in total. The number of aromatic hydroxyl groups is 2. The molecule has 2 saturated carbocycles. The standard InChI is InChI=1S/C19H25NO.C17H23NO/c1-2-10-20-11-9-19-8-4-3-5-16(19)18(20)12-14-6-7-15(21)13-17(14)19;1-18-9-8-17-7-3-2-4-14(17)16(18)10-12-5-6-13(19)11-15(12)17/h2,6-7,13,16,18,21H,1,3-5,8-12H2;5-6,11,14,16,19H,2-4,7-10H2,1H3/t16-,18+,19+;14-,16+,17+/m00/s1. The van der Waals surface area contributed by atoms with Gasteiger partial charge >= 0.3 is 0 Å². The molecular formula is C36H48N2O2. The third-order valence-electron chi connectivity index (χ3n) is 12.4. The Hall–Kier alpha value is -2.30. The molecule has 6 aliphatic rings. The van der Waals surface area contributed by atoms with Crippen LogP contribution in [0.5, 0.6) is 11.5 Å². The summed E-state index contributed by atoms with van der Waals surface area (Å²) >= 11 is 0. The van der Waals surface area contributed by atoms with Crippen molar-refractivity contribution in [3.63, 3.8) is 0 Å². The Morgan fingerprint density at radius 3 is 1.93 bits per heavy atom. The second kappa shape index (κ2) is 10.2. The molecule has 0 radical (unpaired) electrons. The molecule has 0 unspecified atom stereocenters. The van der Waals surface area contributed by atoms with Crippen LogP contribution in [0.3, 0.4) is 0 Å². The normalized spacial score (nSPS) is 36.1. The fourth-order valence-electron chi connectivity index (χ4n) is 10.6. The summed E-state index contributed by atoms with van der Waals surface area (Å²) in [6.07, 6.45) is 17.8. The molecule has 8 rings (SSSR count). The third-order valence-corrected chi connectivity index (χ3v) is 12.4. The van der Waals surface area contributed by atoms with E-state index in [1.54, 1.807) is 0 Å². The summed E-state index contributed by atoms with van der Waals surface area (Å²) < 4.78 is 0. The predicted octanol–water partition coefficient (Wildman–Crippen LogP) is 6.72. The third kappa shape index (κ3) is 4.08. The van der Waals surface area contributed by atoms with Crippen molar-refractivity contribution in [2.75, 3.05) is 26.7 Å². The first-order valence-corrected chi connectivity index (χ1v) is 16.2. The van der Waals surface area contributed by atoms with Crippen molar-refractivity contribution in [3.05, 3.63) is 71.3 Å². The Morgan fingerprint density at radius 2 is 1.32 bits per heavy atom. The van der Waals surface area contributed by atoms with Gasteiger partial charge in [-0.3, -0.25) is 4.90 Å². The largest absolute Gasteiger partial charge is 0.508 e. The molecule has 4 bridgehead atoms. The summed E-state index contributed by atoms with van der Waals surface area (Å²) in [5.41, 5.74) is 6.65. The number of phenols is 2. The Bertz CT molecular complexity index is 1270. The van der Waals surface area contributed by atoms with Gasteiger partial charge in [-0.2, -0.15) is 0 Å². The van der Waals surface area contributed by atoms with E-state index in [9.17, 15) is 10.2 Å². The maximum atomic E-state index is 9.98. The molecule has 0 spiro atoms. The first-order valence-electron chi connectivity index (χ1n) is 16.2. The van der Waals surface area contributed by atoms with Gasteiger partial charge in [-0.15, -0.1) is 6.58 Å². The summed E-state index contributed by atoms with van der Waals surface area (Å²) in [6.45, 7) is 7.36. The van der Waals surface area contributed by atoms with E-state index in [4.69, 9.17) is 0 Å². The van der Waals surface area contributed by atoms with Crippen LogP contribution in [0.15, 0.2) is 49.1 Å². The number of nitrogens with zero attached hydrogens (tertiary/aromatic N) is 2. The lowest BCUT2D eigenvalue weighted by Crippen LogP contribution is -2.60. The molecule has 0 aromatic heterocycles. The van der Waals surface area contributed by atoms with Crippen LogP contribution < -0.4 is 0 Å². The molecule has 0 amide bonds. The molecule has 2 N–H and O–H groups in total. The van der Waals surface area contributed by atoms with Gasteiger partial charge in [0.25, 0.3) is 0 Å². The Morgan fingerprint density at radius 1 is 0.775 bits per heavy atom. The van der Waals surface area contributed by atoms with Crippen molar-refractivity contribution in [1.82, 2.24) is 9.80 Å². The van der Waals surface area contributed by atoms with Crippen molar-refractivity contribution >= 4 is 0 Å². The van der Waals surface area contributed by atoms with Gasteiger partial charge in [0.2, 0.25) is 0 Å². The minimum absolute atomic E-state index is 0.340. The zero-order chi connectivity index (χ0) is 27.5. The van der Waals surface area contributed by atoms with Gasteiger partial charge in [-0.05, 0) is 130 Å². The summed E-state index contributed by atoms with van der Waals surface area (Å²) in [6, 6.07) is 13.6. The number of likely N-dealkylation sites (tertiary alicyclic amines) is 2. The van der Waals surface area contributed by atoms with Gasteiger partial charge in [0.15, 0.2) is 0 Å². The van der Waals surface area contributed by atoms with Crippen LogP contribution in [0.2, 0.25) is 0 Å². The number of fused-ring (bicyclic) bond motifs is 2. The summed E-state index contributed by atoms with van der Waals surface area (Å²) in [4.78, 5) is 5.24. The molecular weight excluding hydrogens is 492 g/mol. The van der Waals surface area contributed by atoms with E-state index in [2.05, 4.69) is 53.8 Å². The highest BCUT2D eigenvalue weighted by Crippen LogP contribution is 2.57. The smallest absolute Gasteiger partial charge is 0.115 e. The van der Waals surface area contributed by atoms with E-state index in [1.165, 1.54) is 106 Å². The second-order valence-corrected chi connectivity index (χ2v) is 14.0. The first-order chi connectivity index (χ1) is 19.4. The molecule has 214 valence electrons. The molecule has 2 saturated heterocycles. The van der Waals surface area contributed by atoms with Gasteiger partial charge in [0.1, 0.15) is 11.5 Å². The average molecular weight is 541 g/mol. The SMILES string of the molecule is C=CCN1CC[C@]23CCCC[C@H]2[C@H]1Cc1ccc(O)cc13.CN1CC[C@]23CCCC[C@H]2[C@H]1Cc1ccc(O)cc13. The van der Waals surface area contributed by atoms with Crippen LogP contribution in [0.25, 0.3) is 0 Å². The Balaban J connectivity index is 0.000000133. The van der Waals surface area contributed by atoms with Gasteiger partial charge < -0.3 is 15.1 Å². The predicted molar refractivity (Wildman–Crippen MR) is 162 cm³/mol. The van der Waals surface area contributed by atoms with Gasteiger partial charge in [-0.25, -0.2) is 0 Å². The summed E-state index contributed by atoms with van der Waals surface area (Å²) in [7, 11) is 2.30. The van der Waals surface area contributed by atoms with Crippen LogP contribution >= 0.6 is 0 Å². The molecule has 4 aliphatic carbocycles. The van der Waals surface area contributed by atoms with Crippen molar-refractivity contribution < 1.29 is 10.2 Å². The number of rotatable bonds is 2. The fourth-order valence-corrected chi connectivity index (χ4v) is 10.6. The first kappa shape index (κ1) is 26.6. The quantitative estimate of drug-likeness (QED) is 0.415. The van der Waals surface area contributed by atoms with Crippen molar-refractivity contribution in [2.24, 2.45) is 11.8 Å². The fraction of sp³-hybridized carbons (Fsp3) is 0.611. The highest BCUT2D eigenvalue weighted by atomic mass is 16.3. The molecule has 2 heterocycles. The van der Waals surface area contributed by atoms with E-state index in [-0.39, 0.29) is 0 Å². The van der Waals surface area contributed by atoms with E-state index < -0.39 is 0 Å². The minimum atomic E-state index is 0.340. The Kier molecular flexibility index (Phi) is 6.78. The van der Waals surface area contributed by atoms with Crippen LogP contribution in [-0.2, 0) is 23.7 Å². The molecule has 6 atom stereocenters. The Labute approximate surface area is 241 Å². The number of benzene rings is 2. The van der Waals surface area contributed by atoms with Gasteiger partial charge in [-0.1, -0.05) is 43.9 Å². The lowest BCUT2D eigenvalue weighted by atomic mass is 9.52. The lowest BCUT2D eigenvalue weighted by Gasteiger charge is -2.59. The second-order valence-electron chi connectivity index (χ2n) is 14.0. The summed E-state index contributed by atoms with van der Waals surface area (Å²) in [5, 5.41) is 19.9. The van der Waals surface area contributed by atoms with Crippen molar-refractivity contribution in [1.29, 1.82) is 0 Å². The zero-order valence-corrected chi connectivity index (χ0v) is 24.5. The molecule has 2 aliphatic heterocycles. The molecule has 4 heteroatoms. The van der Waals surface area contributed by atoms with Crippen molar-refractivity contribution in [3.8, 4) is 11.5 Å². The van der Waals surface area contributed by atoms with Crippen LogP contribution in [-0.4, -0.2) is 58.8 Å². The monoisotopic (exact) mass is 540 g/mol. The molecule has 4 fully saturated rings. The number of hydrogen-bond donors (Lipinski definition) is 2. The van der Waals surface area contributed by atoms with E-state index in [0.29, 0.717) is 28.4 Å². The van der Waals surface area contributed by atoms with Gasteiger partial charge in [0, 0.05) is 29.5 Å². The van der Waals surface area contributed by atoms with Crippen LogP contribution in [0.4, 0.5) is 0 Å². The van der Waals surface area contributed by atoms with E-state index in [1.807, 2.05) is 12.1 Å². The summed E-state index contributed by atoms with van der Waals surface area (Å²) in [5.74, 6) is 2.48. The maximum absolute atomic E-state index is 9.98. The zero-order valence-electron chi connectivity index (χ0n) is 24.5. The minimum Gasteiger partial charge on any atom is -0.508 e. The van der Waals surface area contributed by atoms with E-state index >= 15 is 0 Å². The van der Waals surface area contributed by atoms with E-state index in [0.717, 1.165) is 30.8 Å². The number of hydrogen-bond acceptors (Lipinski definition) is 4. The molecule has 2 aromatic rings. The highest BCUT2D eigenvalue weighted by Gasteiger charge is 2.54. The molecule has 2 aromatic carbocycles. The van der Waals surface area contributed by atoms with Crippen LogP contribution in [0, 0.1) is 11.8 Å². The number of piperidine rings is 2. The van der Waals surface area contributed by atoms with Crippen LogP contribution in [0.1, 0.15) is 86.5 Å². The number of likely N-dealkylation sites (N-methyl/N-ethyl adjacent to an activating group) is 1.